The zero-order chi connectivity index (χ0) is 22.4. The summed E-state index contributed by atoms with van der Waals surface area (Å²) in [6.45, 7) is 7.87. The van der Waals surface area contributed by atoms with E-state index in [4.69, 9.17) is 9.47 Å². The summed E-state index contributed by atoms with van der Waals surface area (Å²) in [5.41, 5.74) is 3.36. The van der Waals surface area contributed by atoms with Gasteiger partial charge in [-0.2, -0.15) is 0 Å². The number of methoxy groups -OCH3 is 1. The van der Waals surface area contributed by atoms with Gasteiger partial charge in [0.15, 0.2) is 0 Å². The van der Waals surface area contributed by atoms with Crippen LogP contribution in [-0.2, 0) is 22.6 Å². The summed E-state index contributed by atoms with van der Waals surface area (Å²) >= 11 is 0. The predicted molar refractivity (Wildman–Crippen MR) is 119 cm³/mol. The number of fused-ring (bicyclic) bond motifs is 1. The van der Waals surface area contributed by atoms with Crippen LogP contribution >= 0.6 is 0 Å². The Morgan fingerprint density at radius 3 is 2.71 bits per heavy atom. The fraction of sp³-hybridized carbons (Fsp3) is 0.583. The number of benzene rings is 1. The summed E-state index contributed by atoms with van der Waals surface area (Å²) in [6, 6.07) is 0. The van der Waals surface area contributed by atoms with E-state index in [9.17, 15) is 14.7 Å². The lowest BCUT2D eigenvalue weighted by molar-refractivity contribution is -0.121. The molecule has 1 aromatic carbocycles. The maximum absolute atomic E-state index is 12.2. The van der Waals surface area contributed by atoms with Gasteiger partial charge in [-0.15, -0.1) is 0 Å². The second-order valence-corrected chi connectivity index (χ2v) is 8.42. The number of rotatable bonds is 9. The first-order valence-electron chi connectivity index (χ1n) is 11.2. The predicted octanol–water partition coefficient (Wildman–Crippen LogP) is 3.25. The van der Waals surface area contributed by atoms with Crippen molar-refractivity contribution in [3.8, 4) is 11.5 Å². The molecule has 31 heavy (non-hydrogen) atoms. The zero-order valence-electron chi connectivity index (χ0n) is 18.9. The number of nitrogens with zero attached hydrogens (tertiary/aromatic N) is 1. The van der Waals surface area contributed by atoms with Gasteiger partial charge in [-0.05, 0) is 58.2 Å². The number of carbonyl (C=O) groups is 2. The third kappa shape index (κ3) is 5.58. The number of amides is 1. The Morgan fingerprint density at radius 1 is 1.26 bits per heavy atom. The molecule has 0 aliphatic carbocycles. The Kier molecular flexibility index (Phi) is 7.96. The molecule has 0 radical (unpaired) electrons. The maximum atomic E-state index is 12.2. The van der Waals surface area contributed by atoms with Crippen molar-refractivity contribution in [3.63, 3.8) is 0 Å². The normalized spacial score (nSPS) is 16.7. The average Bonchev–Trinajstić information content (AvgIpc) is 3.16. The van der Waals surface area contributed by atoms with Crippen molar-refractivity contribution in [1.29, 1.82) is 0 Å². The van der Waals surface area contributed by atoms with E-state index >= 15 is 0 Å². The minimum Gasteiger partial charge on any atom is -0.507 e. The number of phenolic OH excluding ortho intramolecular Hbond substituents is 1. The second kappa shape index (κ2) is 10.7. The monoisotopic (exact) mass is 430 g/mol. The molecular formula is C24H34N2O5. The molecule has 2 heterocycles. The molecule has 2 aliphatic rings. The third-order valence-corrected chi connectivity index (χ3v) is 6.25. The van der Waals surface area contributed by atoms with Gasteiger partial charge < -0.3 is 24.8 Å². The van der Waals surface area contributed by atoms with Crippen LogP contribution in [0.5, 0.6) is 11.5 Å². The summed E-state index contributed by atoms with van der Waals surface area (Å²) in [7, 11) is 1.56. The summed E-state index contributed by atoms with van der Waals surface area (Å²) in [5, 5.41) is 13.7. The second-order valence-electron chi connectivity index (χ2n) is 8.42. The van der Waals surface area contributed by atoms with E-state index in [2.05, 4.69) is 10.2 Å². The molecule has 170 valence electrons. The fourth-order valence-electron chi connectivity index (χ4n) is 4.34. The standard InChI is InChI=1S/C24H34N2O5/c1-16(8-10-20(27)25-11-14-26-12-5-4-6-13-26)7-9-18-22(28)21-19(15-31-24(21)29)17(2)23(18)30-3/h7,28H,4-6,8-15H2,1-3H3,(H,25,27)/b16-7+. The number of aromatic hydroxyl groups is 1. The van der Waals surface area contributed by atoms with Crippen LogP contribution in [0.1, 0.15) is 66.1 Å². The first kappa shape index (κ1) is 23.1. The van der Waals surface area contributed by atoms with Crippen LogP contribution in [0.15, 0.2) is 11.6 Å². The highest BCUT2D eigenvalue weighted by Gasteiger charge is 2.31. The zero-order valence-corrected chi connectivity index (χ0v) is 18.9. The van der Waals surface area contributed by atoms with Crippen LogP contribution in [0, 0.1) is 6.92 Å². The number of hydrogen-bond acceptors (Lipinski definition) is 6. The molecule has 1 amide bonds. The SMILES string of the molecule is COc1c(C)c2c(c(O)c1C/C=C(\C)CCC(=O)NCCN1CCCCC1)C(=O)OC2. The number of cyclic esters (lactones) is 1. The van der Waals surface area contributed by atoms with Crippen LogP contribution in [0.2, 0.25) is 0 Å². The Balaban J connectivity index is 1.53. The van der Waals surface area contributed by atoms with Gasteiger partial charge in [-0.3, -0.25) is 4.79 Å². The molecule has 1 fully saturated rings. The Bertz CT molecular complexity index is 856. The molecule has 0 saturated carbocycles. The van der Waals surface area contributed by atoms with E-state index in [0.29, 0.717) is 42.7 Å². The smallest absolute Gasteiger partial charge is 0.342 e. The molecule has 0 bridgehead atoms. The molecule has 3 rings (SSSR count). The van der Waals surface area contributed by atoms with Crippen molar-refractivity contribution in [2.75, 3.05) is 33.3 Å². The number of allylic oxidation sites excluding steroid dienone is 2. The van der Waals surface area contributed by atoms with Crippen molar-refractivity contribution < 1.29 is 24.2 Å². The van der Waals surface area contributed by atoms with E-state index in [0.717, 1.165) is 30.8 Å². The molecule has 1 aromatic rings. The molecule has 1 saturated heterocycles. The van der Waals surface area contributed by atoms with Crippen molar-refractivity contribution in [1.82, 2.24) is 10.2 Å². The minimum atomic E-state index is -0.499. The van der Waals surface area contributed by atoms with Gasteiger partial charge in [0.25, 0.3) is 0 Å². The number of ether oxygens (including phenoxy) is 2. The number of carbonyl (C=O) groups excluding carboxylic acids is 2. The highest BCUT2D eigenvalue weighted by Crippen LogP contribution is 2.42. The molecule has 0 aromatic heterocycles. The summed E-state index contributed by atoms with van der Waals surface area (Å²) in [4.78, 5) is 26.6. The lowest BCUT2D eigenvalue weighted by Crippen LogP contribution is -2.37. The maximum Gasteiger partial charge on any atom is 0.342 e. The van der Waals surface area contributed by atoms with Crippen LogP contribution in [-0.4, -0.2) is 55.2 Å². The van der Waals surface area contributed by atoms with Gasteiger partial charge in [0.2, 0.25) is 5.91 Å². The number of likely N-dealkylation sites (tertiary alicyclic amines) is 1. The van der Waals surface area contributed by atoms with E-state index in [1.165, 1.54) is 19.3 Å². The summed E-state index contributed by atoms with van der Waals surface area (Å²) in [5.74, 6) is 0.0660. The topological polar surface area (TPSA) is 88.1 Å². The minimum absolute atomic E-state index is 0.0568. The number of hydrogen-bond donors (Lipinski definition) is 2. The van der Waals surface area contributed by atoms with Gasteiger partial charge in [-0.25, -0.2) is 4.79 Å². The molecule has 7 nitrogen and oxygen atoms in total. The third-order valence-electron chi connectivity index (χ3n) is 6.25. The largest absolute Gasteiger partial charge is 0.507 e. The van der Waals surface area contributed by atoms with Crippen LogP contribution < -0.4 is 10.1 Å². The molecule has 7 heteroatoms. The summed E-state index contributed by atoms with van der Waals surface area (Å²) < 4.78 is 10.6. The van der Waals surface area contributed by atoms with Crippen LogP contribution in [0.3, 0.4) is 0 Å². The Labute approximate surface area is 184 Å². The highest BCUT2D eigenvalue weighted by atomic mass is 16.5. The van der Waals surface area contributed by atoms with E-state index in [1.54, 1.807) is 7.11 Å². The molecule has 0 spiro atoms. The summed E-state index contributed by atoms with van der Waals surface area (Å²) in [6.07, 6.45) is 7.29. The van der Waals surface area contributed by atoms with E-state index in [1.807, 2.05) is 19.9 Å². The van der Waals surface area contributed by atoms with Gasteiger partial charge in [0, 0.05) is 30.6 Å². The molecule has 0 unspecified atom stereocenters. The lowest BCUT2D eigenvalue weighted by atomic mass is 9.94. The van der Waals surface area contributed by atoms with Crippen molar-refractivity contribution in [2.45, 2.75) is 59.0 Å². The Morgan fingerprint density at radius 2 is 2.00 bits per heavy atom. The lowest BCUT2D eigenvalue weighted by Gasteiger charge is -2.26. The number of phenols is 1. The van der Waals surface area contributed by atoms with Gasteiger partial charge >= 0.3 is 5.97 Å². The first-order chi connectivity index (χ1) is 14.9. The van der Waals surface area contributed by atoms with Crippen LogP contribution in [0.25, 0.3) is 0 Å². The van der Waals surface area contributed by atoms with E-state index in [-0.39, 0.29) is 23.8 Å². The van der Waals surface area contributed by atoms with Crippen molar-refractivity contribution in [3.05, 3.63) is 33.9 Å². The van der Waals surface area contributed by atoms with Crippen molar-refractivity contribution >= 4 is 11.9 Å². The molecule has 2 aliphatic heterocycles. The number of nitrogens with one attached hydrogen (secondary N) is 1. The molecule has 0 atom stereocenters. The highest BCUT2D eigenvalue weighted by molar-refractivity contribution is 5.98. The molecular weight excluding hydrogens is 396 g/mol. The number of esters is 1. The molecule has 2 N–H and O–H groups in total. The van der Waals surface area contributed by atoms with Gasteiger partial charge in [0.05, 0.1) is 7.11 Å². The number of piperidine rings is 1. The van der Waals surface area contributed by atoms with Crippen LogP contribution in [0.4, 0.5) is 0 Å². The fourth-order valence-corrected chi connectivity index (χ4v) is 4.34. The quantitative estimate of drug-likeness (QED) is 0.462. The van der Waals surface area contributed by atoms with Gasteiger partial charge in [-0.1, -0.05) is 18.1 Å². The van der Waals surface area contributed by atoms with Gasteiger partial charge in [0.1, 0.15) is 23.7 Å². The average molecular weight is 431 g/mol. The Hall–Kier alpha value is -2.54. The first-order valence-corrected chi connectivity index (χ1v) is 11.2. The van der Waals surface area contributed by atoms with E-state index < -0.39 is 5.97 Å². The van der Waals surface area contributed by atoms with Crippen molar-refractivity contribution in [2.24, 2.45) is 0 Å².